The van der Waals surface area contributed by atoms with Crippen LogP contribution in [0.25, 0.3) is 6.08 Å². The highest BCUT2D eigenvalue weighted by atomic mass is 16.2. The van der Waals surface area contributed by atoms with Crippen molar-refractivity contribution >= 4 is 17.9 Å². The van der Waals surface area contributed by atoms with Crippen LogP contribution in [0.4, 0.5) is 0 Å². The van der Waals surface area contributed by atoms with Gasteiger partial charge in [0.15, 0.2) is 0 Å². The number of amides is 2. The molecular formula is C26H28N4O2. The van der Waals surface area contributed by atoms with Gasteiger partial charge in [-0.05, 0) is 41.7 Å². The van der Waals surface area contributed by atoms with E-state index in [1.54, 1.807) is 12.3 Å². The van der Waals surface area contributed by atoms with Crippen LogP contribution in [-0.2, 0) is 22.7 Å². The molecule has 164 valence electrons. The number of hydrogen-bond acceptors (Lipinski definition) is 3. The van der Waals surface area contributed by atoms with Crippen molar-refractivity contribution in [3.05, 3.63) is 95.8 Å². The fraction of sp³-hybridized carbons (Fsp3) is 0.269. The highest BCUT2D eigenvalue weighted by molar-refractivity contribution is 5.92. The van der Waals surface area contributed by atoms with Crippen molar-refractivity contribution in [3.63, 3.8) is 0 Å². The predicted octanol–water partition coefficient (Wildman–Crippen LogP) is 3.50. The molecule has 1 fully saturated rings. The van der Waals surface area contributed by atoms with Crippen LogP contribution in [0.2, 0.25) is 0 Å². The van der Waals surface area contributed by atoms with Gasteiger partial charge < -0.3 is 10.2 Å². The van der Waals surface area contributed by atoms with Crippen molar-refractivity contribution in [2.45, 2.75) is 25.9 Å². The van der Waals surface area contributed by atoms with E-state index in [0.29, 0.717) is 39.0 Å². The molecule has 0 spiro atoms. The molecule has 1 aliphatic rings. The minimum atomic E-state index is -0.0598. The van der Waals surface area contributed by atoms with Crippen molar-refractivity contribution in [2.24, 2.45) is 5.92 Å². The molecule has 3 aromatic rings. The Bertz CT molecular complexity index is 1050. The maximum absolute atomic E-state index is 12.7. The molecule has 2 amide bonds. The van der Waals surface area contributed by atoms with Gasteiger partial charge in [-0.1, -0.05) is 54.6 Å². The van der Waals surface area contributed by atoms with Crippen molar-refractivity contribution in [2.75, 3.05) is 13.1 Å². The first-order valence-electron chi connectivity index (χ1n) is 11.0. The first-order chi connectivity index (χ1) is 15.7. The van der Waals surface area contributed by atoms with E-state index in [1.807, 2.05) is 76.5 Å². The van der Waals surface area contributed by atoms with Crippen LogP contribution in [0.3, 0.4) is 0 Å². The summed E-state index contributed by atoms with van der Waals surface area (Å²) in [4.78, 5) is 27.0. The van der Waals surface area contributed by atoms with Crippen LogP contribution >= 0.6 is 0 Å². The number of carbonyl (C=O) groups is 2. The van der Waals surface area contributed by atoms with E-state index in [1.165, 1.54) is 0 Å². The maximum atomic E-state index is 12.7. The van der Waals surface area contributed by atoms with Crippen molar-refractivity contribution in [1.82, 2.24) is 20.0 Å². The summed E-state index contributed by atoms with van der Waals surface area (Å²) in [5, 5.41) is 7.36. The van der Waals surface area contributed by atoms with E-state index >= 15 is 0 Å². The van der Waals surface area contributed by atoms with Crippen molar-refractivity contribution < 1.29 is 9.59 Å². The van der Waals surface area contributed by atoms with Crippen LogP contribution in [-0.4, -0.2) is 39.6 Å². The zero-order valence-electron chi connectivity index (χ0n) is 18.1. The summed E-state index contributed by atoms with van der Waals surface area (Å²) in [7, 11) is 0. The van der Waals surface area contributed by atoms with Crippen LogP contribution in [0.15, 0.2) is 79.1 Å². The Morgan fingerprint density at radius 2 is 1.69 bits per heavy atom. The number of hydrogen-bond donors (Lipinski definition) is 1. The number of piperidine rings is 1. The van der Waals surface area contributed by atoms with Crippen molar-refractivity contribution in [3.8, 4) is 0 Å². The molecule has 2 heterocycles. The molecule has 1 aliphatic heterocycles. The molecule has 1 saturated heterocycles. The molecule has 1 aromatic heterocycles. The number of likely N-dealkylation sites (tertiary alicyclic amines) is 1. The average Bonchev–Trinajstić information content (AvgIpc) is 3.36. The van der Waals surface area contributed by atoms with Gasteiger partial charge in [-0.2, -0.15) is 5.10 Å². The summed E-state index contributed by atoms with van der Waals surface area (Å²) < 4.78 is 1.87. The second kappa shape index (κ2) is 10.6. The first-order valence-corrected chi connectivity index (χ1v) is 11.0. The highest BCUT2D eigenvalue weighted by Crippen LogP contribution is 2.19. The van der Waals surface area contributed by atoms with E-state index < -0.39 is 0 Å². The summed E-state index contributed by atoms with van der Waals surface area (Å²) in [6.07, 6.45) is 8.52. The minimum Gasteiger partial charge on any atom is -0.352 e. The molecule has 2 aromatic carbocycles. The molecule has 32 heavy (non-hydrogen) atoms. The van der Waals surface area contributed by atoms with Gasteiger partial charge in [0.25, 0.3) is 0 Å². The van der Waals surface area contributed by atoms with Crippen molar-refractivity contribution in [1.29, 1.82) is 0 Å². The van der Waals surface area contributed by atoms with Gasteiger partial charge in [-0.3, -0.25) is 14.3 Å². The molecule has 4 rings (SSSR count). The Kier molecular flexibility index (Phi) is 7.12. The Labute approximate surface area is 188 Å². The lowest BCUT2D eigenvalue weighted by atomic mass is 9.95. The summed E-state index contributed by atoms with van der Waals surface area (Å²) in [5.74, 6) is 0.00140. The van der Waals surface area contributed by atoms with Gasteiger partial charge in [0, 0.05) is 44.0 Å². The van der Waals surface area contributed by atoms with E-state index in [4.69, 9.17) is 0 Å². The molecule has 6 heteroatoms. The zero-order valence-corrected chi connectivity index (χ0v) is 18.1. The van der Waals surface area contributed by atoms with Gasteiger partial charge in [0.1, 0.15) is 0 Å². The number of carbonyl (C=O) groups excluding carboxylic acids is 2. The average molecular weight is 429 g/mol. The van der Waals surface area contributed by atoms with Crippen LogP contribution < -0.4 is 5.32 Å². The molecule has 0 aliphatic carbocycles. The fourth-order valence-electron chi connectivity index (χ4n) is 3.98. The van der Waals surface area contributed by atoms with Gasteiger partial charge >= 0.3 is 0 Å². The maximum Gasteiger partial charge on any atom is 0.246 e. The molecule has 0 radical (unpaired) electrons. The van der Waals surface area contributed by atoms with E-state index in [9.17, 15) is 9.59 Å². The third-order valence-electron chi connectivity index (χ3n) is 5.86. The number of aromatic nitrogens is 2. The van der Waals surface area contributed by atoms with Gasteiger partial charge in [-0.15, -0.1) is 0 Å². The number of rotatable bonds is 7. The SMILES string of the molecule is O=C(NCc1ccccc1Cn1cccn1)C1CCN(C(=O)/C=C/c2ccccc2)CC1. The summed E-state index contributed by atoms with van der Waals surface area (Å²) in [6, 6.07) is 19.8. The Balaban J connectivity index is 1.25. The van der Waals surface area contributed by atoms with Gasteiger partial charge in [0.05, 0.1) is 6.54 Å². The molecular weight excluding hydrogens is 400 g/mol. The van der Waals surface area contributed by atoms with Gasteiger partial charge in [0.2, 0.25) is 11.8 Å². The Hall–Kier alpha value is -3.67. The quantitative estimate of drug-likeness (QED) is 0.586. The molecule has 0 bridgehead atoms. The molecule has 0 saturated carbocycles. The fourth-order valence-corrected chi connectivity index (χ4v) is 3.98. The lowest BCUT2D eigenvalue weighted by Crippen LogP contribution is -2.42. The van der Waals surface area contributed by atoms with E-state index in [2.05, 4.69) is 16.5 Å². The number of nitrogens with zero attached hydrogens (tertiary/aromatic N) is 3. The number of nitrogens with one attached hydrogen (secondary N) is 1. The highest BCUT2D eigenvalue weighted by Gasteiger charge is 2.26. The van der Waals surface area contributed by atoms with Crippen LogP contribution in [0, 0.1) is 5.92 Å². The molecule has 0 unspecified atom stereocenters. The van der Waals surface area contributed by atoms with E-state index in [0.717, 1.165) is 16.7 Å². The third-order valence-corrected chi connectivity index (χ3v) is 5.86. The topological polar surface area (TPSA) is 67.2 Å². The van der Waals surface area contributed by atoms with E-state index in [-0.39, 0.29) is 17.7 Å². The number of benzene rings is 2. The lowest BCUT2D eigenvalue weighted by Gasteiger charge is -2.30. The first kappa shape index (κ1) is 21.6. The summed E-state index contributed by atoms with van der Waals surface area (Å²) >= 11 is 0. The smallest absolute Gasteiger partial charge is 0.246 e. The third kappa shape index (κ3) is 5.72. The summed E-state index contributed by atoms with van der Waals surface area (Å²) in [5.41, 5.74) is 3.24. The van der Waals surface area contributed by atoms with Crippen LogP contribution in [0.5, 0.6) is 0 Å². The van der Waals surface area contributed by atoms with Gasteiger partial charge in [-0.25, -0.2) is 0 Å². The minimum absolute atomic E-state index is 0.000241. The van der Waals surface area contributed by atoms with Crippen LogP contribution in [0.1, 0.15) is 29.5 Å². The zero-order chi connectivity index (χ0) is 22.2. The largest absolute Gasteiger partial charge is 0.352 e. The second-order valence-corrected chi connectivity index (χ2v) is 8.03. The normalized spacial score (nSPS) is 14.6. The standard InChI is InChI=1S/C26H28N4O2/c31-25(12-11-21-7-2-1-3-8-21)29-17-13-22(14-18-29)26(32)27-19-23-9-4-5-10-24(23)20-30-16-6-15-28-30/h1-12,15-16,22H,13-14,17-20H2,(H,27,32)/b12-11+. The monoisotopic (exact) mass is 428 g/mol. The molecule has 6 nitrogen and oxygen atoms in total. The molecule has 0 atom stereocenters. The lowest BCUT2D eigenvalue weighted by molar-refractivity contribution is -0.132. The summed E-state index contributed by atoms with van der Waals surface area (Å²) in [6.45, 7) is 2.38. The molecule has 1 N–H and O–H groups in total. The second-order valence-electron chi connectivity index (χ2n) is 8.03. The predicted molar refractivity (Wildman–Crippen MR) is 124 cm³/mol. The Morgan fingerprint density at radius 1 is 0.969 bits per heavy atom. The Morgan fingerprint density at radius 3 is 2.41 bits per heavy atom.